The first kappa shape index (κ1) is 18.7. The van der Waals surface area contributed by atoms with E-state index >= 15 is 0 Å². The Hall–Kier alpha value is -2.66. The van der Waals surface area contributed by atoms with Crippen molar-refractivity contribution >= 4 is 0 Å². The summed E-state index contributed by atoms with van der Waals surface area (Å²) in [6.07, 6.45) is 1.13. The molecule has 0 radical (unpaired) electrons. The number of benzene rings is 2. The molecular formula is C20H24O5. The van der Waals surface area contributed by atoms with Crippen molar-refractivity contribution < 1.29 is 24.4 Å². The fourth-order valence-corrected chi connectivity index (χ4v) is 2.52. The maximum Gasteiger partial charge on any atom is 0.161 e. The lowest BCUT2D eigenvalue weighted by molar-refractivity contribution is 0.0450. The number of aromatic hydroxyl groups is 1. The summed E-state index contributed by atoms with van der Waals surface area (Å²) in [7, 11) is 3.03. The van der Waals surface area contributed by atoms with Gasteiger partial charge in [-0.15, -0.1) is 6.58 Å². The van der Waals surface area contributed by atoms with Gasteiger partial charge < -0.3 is 24.4 Å². The van der Waals surface area contributed by atoms with E-state index < -0.39 is 12.2 Å². The molecule has 0 heterocycles. The molecule has 0 aromatic heterocycles. The summed E-state index contributed by atoms with van der Waals surface area (Å²) in [6, 6.07) is 10.3. The predicted molar refractivity (Wildman–Crippen MR) is 96.6 cm³/mol. The van der Waals surface area contributed by atoms with Gasteiger partial charge in [-0.2, -0.15) is 0 Å². The molecule has 2 atom stereocenters. The van der Waals surface area contributed by atoms with Crippen LogP contribution in [0.25, 0.3) is 0 Å². The molecule has 2 aromatic carbocycles. The molecule has 2 rings (SSSR count). The highest BCUT2D eigenvalue weighted by Gasteiger charge is 2.21. The van der Waals surface area contributed by atoms with Crippen LogP contribution in [0.2, 0.25) is 0 Å². The molecule has 0 unspecified atom stereocenters. The molecule has 0 fully saturated rings. The summed E-state index contributed by atoms with van der Waals surface area (Å²) in [6.45, 7) is 5.49. The first-order valence-corrected chi connectivity index (χ1v) is 7.99. The maximum absolute atomic E-state index is 10.5. The van der Waals surface area contributed by atoms with Crippen LogP contribution in [0.3, 0.4) is 0 Å². The highest BCUT2D eigenvalue weighted by Crippen LogP contribution is 2.33. The highest BCUT2D eigenvalue weighted by atomic mass is 16.5. The number of methoxy groups -OCH3 is 2. The Kier molecular flexibility index (Phi) is 6.31. The second kappa shape index (κ2) is 8.44. The minimum absolute atomic E-state index is 0.0199. The summed E-state index contributed by atoms with van der Waals surface area (Å²) in [5, 5.41) is 20.2. The van der Waals surface area contributed by atoms with E-state index in [1.807, 2.05) is 24.3 Å². The smallest absolute Gasteiger partial charge is 0.161 e. The lowest BCUT2D eigenvalue weighted by Gasteiger charge is -2.22. The second-order valence-corrected chi connectivity index (χ2v) is 5.68. The molecule has 0 amide bonds. The highest BCUT2D eigenvalue weighted by molar-refractivity contribution is 5.44. The second-order valence-electron chi connectivity index (χ2n) is 5.68. The average Bonchev–Trinajstić information content (AvgIpc) is 2.62. The zero-order valence-corrected chi connectivity index (χ0v) is 14.7. The van der Waals surface area contributed by atoms with Gasteiger partial charge in [-0.3, -0.25) is 0 Å². The number of phenolic OH excluding ortho intramolecular Hbond substituents is 1. The monoisotopic (exact) mass is 344 g/mol. The molecule has 25 heavy (non-hydrogen) atoms. The zero-order chi connectivity index (χ0) is 18.4. The molecule has 0 spiro atoms. The fourth-order valence-electron chi connectivity index (χ4n) is 2.52. The molecule has 5 nitrogen and oxygen atoms in total. The van der Waals surface area contributed by atoms with Gasteiger partial charge in [0.25, 0.3) is 0 Å². The molecular weight excluding hydrogens is 320 g/mol. The van der Waals surface area contributed by atoms with Crippen molar-refractivity contribution in [3.63, 3.8) is 0 Å². The van der Waals surface area contributed by atoms with Gasteiger partial charge in [0.15, 0.2) is 23.0 Å². The van der Waals surface area contributed by atoms with E-state index in [4.69, 9.17) is 14.2 Å². The van der Waals surface area contributed by atoms with Gasteiger partial charge in [0, 0.05) is 0 Å². The van der Waals surface area contributed by atoms with Gasteiger partial charge >= 0.3 is 0 Å². The van der Waals surface area contributed by atoms with E-state index in [0.717, 1.165) is 12.0 Å². The van der Waals surface area contributed by atoms with Crippen LogP contribution in [-0.4, -0.2) is 30.5 Å². The molecule has 134 valence electrons. The number of rotatable bonds is 8. The Morgan fingerprint density at radius 1 is 1.04 bits per heavy atom. The standard InChI is InChI=1S/C20H24O5/c1-5-6-14-7-10-17(19(11-14)24-4)25-13(2)20(22)15-8-9-16(21)18(12-15)23-3/h5,7-13,20-22H,1,6H2,2-4H3/t13-,20+/m0/s1. The molecule has 0 saturated carbocycles. The molecule has 2 aromatic rings. The van der Waals surface area contributed by atoms with E-state index in [9.17, 15) is 10.2 Å². The number of ether oxygens (including phenoxy) is 3. The van der Waals surface area contributed by atoms with Crippen LogP contribution in [0.1, 0.15) is 24.2 Å². The van der Waals surface area contributed by atoms with Gasteiger partial charge in [-0.25, -0.2) is 0 Å². The summed E-state index contributed by atoms with van der Waals surface area (Å²) in [5.41, 5.74) is 1.65. The van der Waals surface area contributed by atoms with Gasteiger partial charge in [-0.05, 0) is 48.7 Å². The molecule has 0 aliphatic heterocycles. The SMILES string of the molecule is C=CCc1ccc(O[C@@H](C)[C@@H](O)c2ccc(O)c(OC)c2)c(OC)c1. The van der Waals surface area contributed by atoms with E-state index in [0.29, 0.717) is 22.8 Å². The molecule has 2 N–H and O–H groups in total. The van der Waals surface area contributed by atoms with Crippen molar-refractivity contribution in [2.45, 2.75) is 25.6 Å². The number of hydrogen-bond donors (Lipinski definition) is 2. The van der Waals surface area contributed by atoms with Gasteiger partial charge in [0.2, 0.25) is 0 Å². The van der Waals surface area contributed by atoms with E-state index in [1.165, 1.54) is 13.2 Å². The van der Waals surface area contributed by atoms with Gasteiger partial charge in [0.1, 0.15) is 12.2 Å². The van der Waals surface area contributed by atoms with Crippen molar-refractivity contribution in [2.75, 3.05) is 14.2 Å². The third-order valence-corrected chi connectivity index (χ3v) is 3.91. The van der Waals surface area contributed by atoms with E-state index in [1.54, 1.807) is 26.2 Å². The topological polar surface area (TPSA) is 68.2 Å². The van der Waals surface area contributed by atoms with Crippen molar-refractivity contribution in [3.8, 4) is 23.0 Å². The van der Waals surface area contributed by atoms with E-state index in [2.05, 4.69) is 6.58 Å². The Bertz CT molecular complexity index is 726. The number of allylic oxidation sites excluding steroid dienone is 1. The first-order chi connectivity index (χ1) is 12.0. The van der Waals surface area contributed by atoms with Crippen LogP contribution in [-0.2, 0) is 6.42 Å². The van der Waals surface area contributed by atoms with Crippen LogP contribution < -0.4 is 14.2 Å². The van der Waals surface area contributed by atoms with Crippen LogP contribution in [0.15, 0.2) is 49.1 Å². The third kappa shape index (κ3) is 4.45. The molecule has 0 aliphatic rings. The molecule has 0 saturated heterocycles. The van der Waals surface area contributed by atoms with Crippen LogP contribution in [0.4, 0.5) is 0 Å². The Labute approximate surface area is 148 Å². The summed E-state index contributed by atoms with van der Waals surface area (Å²) in [5.74, 6) is 1.47. The lowest BCUT2D eigenvalue weighted by Crippen LogP contribution is -2.22. The molecule has 0 aliphatic carbocycles. The third-order valence-electron chi connectivity index (χ3n) is 3.91. The number of phenols is 1. The molecule has 5 heteroatoms. The minimum Gasteiger partial charge on any atom is -0.504 e. The minimum atomic E-state index is -0.896. The van der Waals surface area contributed by atoms with Crippen molar-refractivity contribution in [2.24, 2.45) is 0 Å². The largest absolute Gasteiger partial charge is 0.504 e. The average molecular weight is 344 g/mol. The quantitative estimate of drug-likeness (QED) is 0.716. The van der Waals surface area contributed by atoms with Crippen LogP contribution in [0.5, 0.6) is 23.0 Å². The fraction of sp³-hybridized carbons (Fsp3) is 0.300. The summed E-state index contributed by atoms with van der Waals surface area (Å²) in [4.78, 5) is 0. The first-order valence-electron chi connectivity index (χ1n) is 7.99. The van der Waals surface area contributed by atoms with Crippen molar-refractivity contribution in [3.05, 3.63) is 60.2 Å². The predicted octanol–water partition coefficient (Wildman–Crippen LogP) is 3.64. The van der Waals surface area contributed by atoms with Gasteiger partial charge in [0.05, 0.1) is 14.2 Å². The zero-order valence-electron chi connectivity index (χ0n) is 14.7. The van der Waals surface area contributed by atoms with Crippen LogP contribution >= 0.6 is 0 Å². The van der Waals surface area contributed by atoms with Crippen molar-refractivity contribution in [1.82, 2.24) is 0 Å². The summed E-state index contributed by atoms with van der Waals surface area (Å²) < 4.78 is 16.3. The number of hydrogen-bond acceptors (Lipinski definition) is 5. The summed E-state index contributed by atoms with van der Waals surface area (Å²) >= 11 is 0. The number of aliphatic hydroxyl groups is 1. The number of aliphatic hydroxyl groups excluding tert-OH is 1. The van der Waals surface area contributed by atoms with Crippen molar-refractivity contribution in [1.29, 1.82) is 0 Å². The normalized spacial score (nSPS) is 13.0. The van der Waals surface area contributed by atoms with E-state index in [-0.39, 0.29) is 5.75 Å². The maximum atomic E-state index is 10.5. The lowest BCUT2D eigenvalue weighted by atomic mass is 10.0. The van der Waals surface area contributed by atoms with Crippen LogP contribution in [0, 0.1) is 0 Å². The molecule has 0 bridgehead atoms. The Morgan fingerprint density at radius 2 is 1.76 bits per heavy atom. The van der Waals surface area contributed by atoms with Gasteiger partial charge in [-0.1, -0.05) is 18.2 Å². The Balaban J connectivity index is 2.18. The Morgan fingerprint density at radius 3 is 2.40 bits per heavy atom.